The van der Waals surface area contributed by atoms with Gasteiger partial charge in [0.15, 0.2) is 0 Å². The molecule has 0 aliphatic rings. The summed E-state index contributed by atoms with van der Waals surface area (Å²) in [5, 5.41) is 16.6. The van der Waals surface area contributed by atoms with Gasteiger partial charge in [-0.25, -0.2) is 4.98 Å². The molecular weight excluding hydrogens is 548 g/mol. The van der Waals surface area contributed by atoms with E-state index >= 15 is 0 Å². The number of fused-ring (bicyclic) bond motifs is 1. The molecule has 10 heteroatoms. The molecule has 4 rings (SSSR count). The van der Waals surface area contributed by atoms with Crippen molar-refractivity contribution in [1.29, 1.82) is 0 Å². The van der Waals surface area contributed by atoms with E-state index in [0.29, 0.717) is 22.3 Å². The lowest BCUT2D eigenvalue weighted by atomic mass is 10.1. The van der Waals surface area contributed by atoms with E-state index < -0.39 is 4.92 Å². The molecule has 4 aromatic rings. The summed E-state index contributed by atoms with van der Waals surface area (Å²) in [6.45, 7) is 5.90. The second-order valence-corrected chi connectivity index (χ2v) is 9.85. The van der Waals surface area contributed by atoms with Crippen molar-refractivity contribution in [3.05, 3.63) is 107 Å². The van der Waals surface area contributed by atoms with E-state index in [1.807, 2.05) is 51.1 Å². The topological polar surface area (TPSA) is 99.6 Å². The lowest BCUT2D eigenvalue weighted by Crippen LogP contribution is -2.23. The molecular formula is C26H22BrClN4O4. The third-order valence-corrected chi connectivity index (χ3v) is 6.19. The van der Waals surface area contributed by atoms with Gasteiger partial charge in [-0.15, -0.1) is 0 Å². The van der Waals surface area contributed by atoms with Crippen LogP contribution in [0.25, 0.3) is 10.9 Å². The molecule has 0 aliphatic carbocycles. The Morgan fingerprint density at radius 2 is 1.92 bits per heavy atom. The van der Waals surface area contributed by atoms with Crippen molar-refractivity contribution < 1.29 is 9.66 Å². The van der Waals surface area contributed by atoms with Crippen molar-refractivity contribution in [3.8, 4) is 5.75 Å². The van der Waals surface area contributed by atoms with Gasteiger partial charge < -0.3 is 4.74 Å². The van der Waals surface area contributed by atoms with Crippen molar-refractivity contribution in [2.45, 2.75) is 33.3 Å². The summed E-state index contributed by atoms with van der Waals surface area (Å²) < 4.78 is 7.66. The van der Waals surface area contributed by atoms with Gasteiger partial charge in [0.2, 0.25) is 5.75 Å². The summed E-state index contributed by atoms with van der Waals surface area (Å²) in [6, 6.07) is 15.7. The van der Waals surface area contributed by atoms with Gasteiger partial charge in [-0.2, -0.15) is 9.78 Å². The molecule has 0 saturated heterocycles. The minimum Gasteiger partial charge on any atom is -0.481 e. The molecule has 0 unspecified atom stereocenters. The van der Waals surface area contributed by atoms with Crippen LogP contribution in [0.2, 0.25) is 5.02 Å². The lowest BCUT2D eigenvalue weighted by molar-refractivity contribution is -0.385. The lowest BCUT2D eigenvalue weighted by Gasteiger charge is -2.12. The van der Waals surface area contributed by atoms with Crippen LogP contribution in [0.1, 0.15) is 42.3 Å². The van der Waals surface area contributed by atoms with Gasteiger partial charge in [0.25, 0.3) is 5.56 Å². The number of nitrogens with zero attached hydrogens (tertiary/aromatic N) is 4. The third-order valence-electron chi connectivity index (χ3n) is 5.42. The highest BCUT2D eigenvalue weighted by atomic mass is 79.9. The SMILES string of the molecule is Cc1ccc(COc2c(Cl)cc(C=Nn3c(C(C)C)nc4ccc(Br)cc4c3=O)cc2[N+](=O)[O-])cc1. The highest BCUT2D eigenvalue weighted by molar-refractivity contribution is 9.10. The number of nitro groups is 1. The van der Waals surface area contributed by atoms with Gasteiger partial charge in [-0.1, -0.05) is 71.2 Å². The van der Waals surface area contributed by atoms with E-state index in [-0.39, 0.29) is 34.5 Å². The first-order valence-corrected chi connectivity index (χ1v) is 12.2. The quantitative estimate of drug-likeness (QED) is 0.142. The Morgan fingerprint density at radius 1 is 1.19 bits per heavy atom. The van der Waals surface area contributed by atoms with Gasteiger partial charge in [-0.05, 0) is 36.8 Å². The van der Waals surface area contributed by atoms with Gasteiger partial charge in [0, 0.05) is 22.0 Å². The van der Waals surface area contributed by atoms with Crippen LogP contribution < -0.4 is 10.3 Å². The first-order chi connectivity index (χ1) is 17.1. The molecule has 0 atom stereocenters. The monoisotopic (exact) mass is 568 g/mol. The molecule has 3 aromatic carbocycles. The molecule has 0 fully saturated rings. The van der Waals surface area contributed by atoms with Crippen molar-refractivity contribution in [2.24, 2.45) is 5.10 Å². The Bertz CT molecular complexity index is 1550. The zero-order valence-electron chi connectivity index (χ0n) is 19.7. The molecule has 0 N–H and O–H groups in total. The maximum Gasteiger partial charge on any atom is 0.313 e. The molecule has 8 nitrogen and oxygen atoms in total. The molecule has 0 amide bonds. The van der Waals surface area contributed by atoms with Crippen LogP contribution in [-0.4, -0.2) is 20.8 Å². The van der Waals surface area contributed by atoms with Crippen LogP contribution in [-0.2, 0) is 6.61 Å². The second-order valence-electron chi connectivity index (χ2n) is 8.53. The molecule has 184 valence electrons. The average molecular weight is 570 g/mol. The van der Waals surface area contributed by atoms with Crippen molar-refractivity contribution in [3.63, 3.8) is 0 Å². The minimum atomic E-state index is -0.561. The van der Waals surface area contributed by atoms with Crippen LogP contribution in [0.5, 0.6) is 5.75 Å². The molecule has 0 spiro atoms. The zero-order valence-corrected chi connectivity index (χ0v) is 22.1. The van der Waals surface area contributed by atoms with Crippen LogP contribution in [0.3, 0.4) is 0 Å². The summed E-state index contributed by atoms with van der Waals surface area (Å²) >= 11 is 9.76. The number of rotatable bonds is 7. The normalized spacial score (nSPS) is 11.5. The van der Waals surface area contributed by atoms with E-state index in [0.717, 1.165) is 15.6 Å². The maximum absolute atomic E-state index is 13.2. The van der Waals surface area contributed by atoms with E-state index in [4.69, 9.17) is 16.3 Å². The average Bonchev–Trinajstić information content (AvgIpc) is 2.83. The molecule has 36 heavy (non-hydrogen) atoms. The number of ether oxygens (including phenoxy) is 1. The number of aryl methyl sites for hydroxylation is 1. The summed E-state index contributed by atoms with van der Waals surface area (Å²) in [6.07, 6.45) is 1.35. The highest BCUT2D eigenvalue weighted by Gasteiger charge is 2.21. The van der Waals surface area contributed by atoms with Crippen molar-refractivity contribution >= 4 is 50.3 Å². The molecule has 0 bridgehead atoms. The number of hydrogen-bond acceptors (Lipinski definition) is 6. The summed E-state index contributed by atoms with van der Waals surface area (Å²) in [5.74, 6) is 0.333. The van der Waals surface area contributed by atoms with Crippen LogP contribution in [0, 0.1) is 17.0 Å². The van der Waals surface area contributed by atoms with E-state index in [1.54, 1.807) is 12.1 Å². The van der Waals surface area contributed by atoms with Crippen LogP contribution in [0.4, 0.5) is 5.69 Å². The smallest absolute Gasteiger partial charge is 0.313 e. The van der Waals surface area contributed by atoms with Crippen LogP contribution in [0.15, 0.2) is 69.0 Å². The zero-order chi connectivity index (χ0) is 26.0. The fourth-order valence-electron chi connectivity index (χ4n) is 3.57. The third kappa shape index (κ3) is 5.47. The Morgan fingerprint density at radius 3 is 2.58 bits per heavy atom. The van der Waals surface area contributed by atoms with E-state index in [2.05, 4.69) is 26.0 Å². The van der Waals surface area contributed by atoms with Crippen LogP contribution >= 0.6 is 27.5 Å². The Labute approximate surface area is 220 Å². The van der Waals surface area contributed by atoms with Crippen molar-refractivity contribution in [1.82, 2.24) is 9.66 Å². The molecule has 0 aliphatic heterocycles. The minimum absolute atomic E-state index is 0.0309. The predicted molar refractivity (Wildman–Crippen MR) is 144 cm³/mol. The van der Waals surface area contributed by atoms with Gasteiger partial charge in [0.05, 0.1) is 27.1 Å². The first kappa shape index (κ1) is 25.5. The highest BCUT2D eigenvalue weighted by Crippen LogP contribution is 2.36. The summed E-state index contributed by atoms with van der Waals surface area (Å²) in [4.78, 5) is 29.0. The van der Waals surface area contributed by atoms with Crippen molar-refractivity contribution in [2.75, 3.05) is 0 Å². The second kappa shape index (κ2) is 10.6. The molecule has 1 heterocycles. The molecule has 1 aromatic heterocycles. The number of nitro benzene ring substituents is 1. The summed E-state index contributed by atoms with van der Waals surface area (Å²) in [5.41, 5.74) is 2.21. The fourth-order valence-corrected chi connectivity index (χ4v) is 4.21. The predicted octanol–water partition coefficient (Wildman–Crippen LogP) is 6.61. The maximum atomic E-state index is 13.2. The molecule has 0 radical (unpaired) electrons. The van der Waals surface area contributed by atoms with E-state index in [9.17, 15) is 14.9 Å². The Balaban J connectivity index is 1.72. The largest absolute Gasteiger partial charge is 0.481 e. The number of hydrogen-bond donors (Lipinski definition) is 0. The summed E-state index contributed by atoms with van der Waals surface area (Å²) in [7, 11) is 0. The first-order valence-electron chi connectivity index (χ1n) is 11.1. The Hall–Kier alpha value is -3.56. The standard InChI is InChI=1S/C26H22BrClN4O4/c1-15(2)25-30-22-9-8-19(27)12-20(22)26(33)31(25)29-13-18-10-21(28)24(23(11-18)32(34)35)36-14-17-6-4-16(3)5-7-17/h4-13,15H,14H2,1-3H3. The van der Waals surface area contributed by atoms with Gasteiger partial charge in [-0.3, -0.25) is 14.9 Å². The molecule has 0 saturated carbocycles. The van der Waals surface area contributed by atoms with Gasteiger partial charge >= 0.3 is 5.69 Å². The fraction of sp³-hybridized carbons (Fsp3) is 0.192. The number of halogens is 2. The van der Waals surface area contributed by atoms with Gasteiger partial charge in [0.1, 0.15) is 12.4 Å². The van der Waals surface area contributed by atoms with E-state index in [1.165, 1.54) is 23.0 Å². The number of benzene rings is 3. The number of aromatic nitrogens is 2. The Kier molecular flexibility index (Phi) is 7.51.